The van der Waals surface area contributed by atoms with Crippen molar-refractivity contribution < 1.29 is 19.0 Å². The summed E-state index contributed by atoms with van der Waals surface area (Å²) in [6, 6.07) is 3.41. The molecule has 2 saturated heterocycles. The first-order chi connectivity index (χ1) is 14.6. The minimum atomic E-state index is -0.137. The Morgan fingerprint density at radius 1 is 1.30 bits per heavy atom. The van der Waals surface area contributed by atoms with E-state index in [2.05, 4.69) is 17.1 Å². The maximum Gasteiger partial charge on any atom is 0.251 e. The van der Waals surface area contributed by atoms with Gasteiger partial charge >= 0.3 is 0 Å². The summed E-state index contributed by atoms with van der Waals surface area (Å²) in [5.74, 6) is 3.05. The van der Waals surface area contributed by atoms with Crippen LogP contribution in [0, 0.1) is 0 Å². The predicted octanol–water partition coefficient (Wildman–Crippen LogP) is 3.86. The Balaban J connectivity index is 1.70. The standard InChI is InChI=1S/C22H33ClN2O4S/c1-3-5-9-29-20-18(23)13-17(14-19(20)28-4-2)21(26)24-15-22(6-12-30-16-22)25-7-10-27-11-8-25/h13-14H,3-12,15-16H2,1-2H3,(H,24,26). The van der Waals surface area contributed by atoms with Crippen LogP contribution in [-0.2, 0) is 4.74 Å². The Hall–Kier alpha value is -1.15. The number of nitrogens with one attached hydrogen (secondary N) is 1. The summed E-state index contributed by atoms with van der Waals surface area (Å²) < 4.78 is 17.1. The predicted molar refractivity (Wildman–Crippen MR) is 122 cm³/mol. The molecule has 2 fully saturated rings. The summed E-state index contributed by atoms with van der Waals surface area (Å²) in [7, 11) is 0. The lowest BCUT2D eigenvalue weighted by Gasteiger charge is -2.43. The number of benzene rings is 1. The van der Waals surface area contributed by atoms with Gasteiger partial charge in [0.05, 0.1) is 31.5 Å². The first-order valence-electron chi connectivity index (χ1n) is 10.9. The molecule has 2 heterocycles. The summed E-state index contributed by atoms with van der Waals surface area (Å²) in [5, 5.41) is 3.56. The van der Waals surface area contributed by atoms with Crippen molar-refractivity contribution in [1.82, 2.24) is 10.2 Å². The number of hydrogen-bond acceptors (Lipinski definition) is 6. The summed E-state index contributed by atoms with van der Waals surface area (Å²) >= 11 is 8.41. The van der Waals surface area contributed by atoms with Crippen LogP contribution in [0.15, 0.2) is 12.1 Å². The average Bonchev–Trinajstić information content (AvgIpc) is 3.25. The fraction of sp³-hybridized carbons (Fsp3) is 0.682. The van der Waals surface area contributed by atoms with Crippen LogP contribution in [0.3, 0.4) is 0 Å². The van der Waals surface area contributed by atoms with Gasteiger partial charge in [0.25, 0.3) is 5.91 Å². The SMILES string of the molecule is CCCCOc1c(Cl)cc(C(=O)NCC2(N3CCOCC3)CCSC2)cc1OCC. The van der Waals surface area contributed by atoms with Gasteiger partial charge in [-0.3, -0.25) is 9.69 Å². The minimum Gasteiger partial charge on any atom is -0.490 e. The number of ether oxygens (including phenoxy) is 3. The molecule has 1 atom stereocenters. The lowest BCUT2D eigenvalue weighted by molar-refractivity contribution is -0.0129. The first kappa shape index (κ1) is 23.5. The Morgan fingerprint density at radius 3 is 2.77 bits per heavy atom. The van der Waals surface area contributed by atoms with Gasteiger partial charge in [-0.15, -0.1) is 0 Å². The number of nitrogens with zero attached hydrogens (tertiary/aromatic N) is 1. The van der Waals surface area contributed by atoms with Crippen LogP contribution in [0.2, 0.25) is 5.02 Å². The zero-order chi connectivity index (χ0) is 21.4. The molecule has 0 bridgehead atoms. The third kappa shape index (κ3) is 5.75. The van der Waals surface area contributed by atoms with Crippen LogP contribution < -0.4 is 14.8 Å². The van der Waals surface area contributed by atoms with Crippen molar-refractivity contribution >= 4 is 29.3 Å². The Bertz CT molecular complexity index is 707. The van der Waals surface area contributed by atoms with Crippen LogP contribution in [0.1, 0.15) is 43.5 Å². The largest absolute Gasteiger partial charge is 0.490 e. The van der Waals surface area contributed by atoms with Crippen molar-refractivity contribution in [3.8, 4) is 11.5 Å². The number of carbonyl (C=O) groups excluding carboxylic acids is 1. The van der Waals surface area contributed by atoms with E-state index in [0.717, 1.165) is 57.1 Å². The van der Waals surface area contributed by atoms with Gasteiger partial charge in [-0.25, -0.2) is 0 Å². The van der Waals surface area contributed by atoms with E-state index >= 15 is 0 Å². The van der Waals surface area contributed by atoms with Gasteiger partial charge in [0.1, 0.15) is 0 Å². The minimum absolute atomic E-state index is 0.000145. The Labute approximate surface area is 188 Å². The molecule has 0 saturated carbocycles. The molecule has 0 radical (unpaired) electrons. The third-order valence-corrected chi connectivity index (χ3v) is 7.17. The molecule has 0 spiro atoms. The van der Waals surface area contributed by atoms with Crippen LogP contribution in [0.25, 0.3) is 0 Å². The van der Waals surface area contributed by atoms with Crippen LogP contribution >= 0.6 is 23.4 Å². The first-order valence-corrected chi connectivity index (χ1v) is 12.4. The molecule has 0 aromatic heterocycles. The van der Waals surface area contributed by atoms with Gasteiger partial charge in [-0.05, 0) is 37.7 Å². The number of rotatable bonds is 10. The molecule has 30 heavy (non-hydrogen) atoms. The highest BCUT2D eigenvalue weighted by Gasteiger charge is 2.41. The van der Waals surface area contributed by atoms with E-state index in [9.17, 15) is 4.79 Å². The van der Waals surface area contributed by atoms with E-state index in [1.807, 2.05) is 18.7 Å². The monoisotopic (exact) mass is 456 g/mol. The summed E-state index contributed by atoms with van der Waals surface area (Å²) in [4.78, 5) is 15.5. The second-order valence-electron chi connectivity index (χ2n) is 7.73. The van der Waals surface area contributed by atoms with Crippen molar-refractivity contribution in [2.24, 2.45) is 0 Å². The van der Waals surface area contributed by atoms with Crippen molar-refractivity contribution in [1.29, 1.82) is 0 Å². The molecular formula is C22H33ClN2O4S. The summed E-state index contributed by atoms with van der Waals surface area (Å²) in [6.07, 6.45) is 3.05. The van der Waals surface area contributed by atoms with Gasteiger partial charge in [0.2, 0.25) is 0 Å². The number of morpholine rings is 1. The third-order valence-electron chi connectivity index (χ3n) is 5.66. The summed E-state index contributed by atoms with van der Waals surface area (Å²) in [6.45, 7) is 9.02. The normalized spacial score (nSPS) is 22.1. The van der Waals surface area contributed by atoms with E-state index in [4.69, 9.17) is 25.8 Å². The smallest absolute Gasteiger partial charge is 0.251 e. The quantitative estimate of drug-likeness (QED) is 0.539. The second-order valence-corrected chi connectivity index (χ2v) is 9.24. The van der Waals surface area contributed by atoms with Gasteiger partial charge < -0.3 is 19.5 Å². The molecule has 1 N–H and O–H groups in total. The van der Waals surface area contributed by atoms with Crippen molar-refractivity contribution in [3.05, 3.63) is 22.7 Å². The van der Waals surface area contributed by atoms with Gasteiger partial charge in [0, 0.05) is 36.5 Å². The maximum absolute atomic E-state index is 13.0. The highest BCUT2D eigenvalue weighted by molar-refractivity contribution is 7.99. The van der Waals surface area contributed by atoms with E-state index in [-0.39, 0.29) is 11.4 Å². The fourth-order valence-electron chi connectivity index (χ4n) is 3.90. The molecule has 2 aliphatic heterocycles. The van der Waals surface area contributed by atoms with Gasteiger partial charge in [-0.1, -0.05) is 24.9 Å². The highest BCUT2D eigenvalue weighted by atomic mass is 35.5. The summed E-state index contributed by atoms with van der Waals surface area (Å²) in [5.41, 5.74) is 0.494. The molecule has 0 aliphatic carbocycles. The highest BCUT2D eigenvalue weighted by Crippen LogP contribution is 2.37. The van der Waals surface area contributed by atoms with Crippen molar-refractivity contribution in [2.45, 2.75) is 38.6 Å². The number of hydrogen-bond donors (Lipinski definition) is 1. The molecule has 1 amide bonds. The van der Waals surface area contributed by atoms with Crippen LogP contribution in [0.5, 0.6) is 11.5 Å². The van der Waals surface area contributed by atoms with Crippen LogP contribution in [0.4, 0.5) is 0 Å². The van der Waals surface area contributed by atoms with E-state index in [1.165, 1.54) is 0 Å². The molecule has 3 rings (SSSR count). The van der Waals surface area contributed by atoms with Gasteiger partial charge in [-0.2, -0.15) is 11.8 Å². The van der Waals surface area contributed by atoms with Crippen LogP contribution in [-0.4, -0.2) is 73.9 Å². The maximum atomic E-state index is 13.0. The average molecular weight is 457 g/mol. The molecular weight excluding hydrogens is 424 g/mol. The number of amides is 1. The zero-order valence-corrected chi connectivity index (χ0v) is 19.6. The van der Waals surface area contributed by atoms with E-state index in [1.54, 1.807) is 12.1 Å². The fourth-order valence-corrected chi connectivity index (χ4v) is 5.65. The Kier molecular flexibility index (Phi) is 8.98. The number of halogens is 1. The number of unbranched alkanes of at least 4 members (excludes halogenated alkanes) is 1. The molecule has 168 valence electrons. The second kappa shape index (κ2) is 11.5. The molecule has 1 unspecified atom stereocenters. The molecule has 1 aromatic rings. The molecule has 1 aromatic carbocycles. The zero-order valence-electron chi connectivity index (χ0n) is 18.0. The topological polar surface area (TPSA) is 60.0 Å². The molecule has 8 heteroatoms. The van der Waals surface area contributed by atoms with E-state index < -0.39 is 0 Å². The molecule has 2 aliphatic rings. The number of thioether (sulfide) groups is 1. The lowest BCUT2D eigenvalue weighted by Crippen LogP contribution is -2.59. The Morgan fingerprint density at radius 2 is 2.10 bits per heavy atom. The van der Waals surface area contributed by atoms with Gasteiger partial charge in [0.15, 0.2) is 11.5 Å². The molecule has 6 nitrogen and oxygen atoms in total. The lowest BCUT2D eigenvalue weighted by atomic mass is 9.95. The van der Waals surface area contributed by atoms with E-state index in [0.29, 0.717) is 41.8 Å². The number of carbonyl (C=O) groups is 1. The van der Waals surface area contributed by atoms with Crippen molar-refractivity contribution in [2.75, 3.05) is 57.6 Å². The van der Waals surface area contributed by atoms with Crippen molar-refractivity contribution in [3.63, 3.8) is 0 Å².